The average Bonchev–Trinajstić information content (AvgIpc) is 2.90. The van der Waals surface area contributed by atoms with Crippen LogP contribution in [0.4, 0.5) is 0 Å². The quantitative estimate of drug-likeness (QED) is 0.155. The Morgan fingerprint density at radius 1 is 0.667 bits per heavy atom. The molecular weight excluding hydrogens is 563 g/mol. The van der Waals surface area contributed by atoms with E-state index in [1.807, 2.05) is 65.8 Å². The number of carbonyl (C=O) groups excluding carboxylic acids is 2. The van der Waals surface area contributed by atoms with Gasteiger partial charge in [-0.1, -0.05) is 33.3 Å². The van der Waals surface area contributed by atoms with Gasteiger partial charge < -0.3 is 30.4 Å². The van der Waals surface area contributed by atoms with Crippen LogP contribution >= 0.6 is 8.25 Å². The lowest BCUT2D eigenvalue weighted by Gasteiger charge is -2.23. The standard InChI is InChI=1S/C30H44N2O9P/c1-29(2,3)40-27(33)23(17-31)15-21-7-11-25(12-8-21)36-19-38-42(35)39-20-37-26-13-9-22(10-14-26)16-24(18-32)28(34)41-30(4,5)6/h7-14,23-24H,15-20,31-32H2,1-6H3/q+1. The van der Waals surface area contributed by atoms with Gasteiger partial charge in [0.25, 0.3) is 0 Å². The van der Waals surface area contributed by atoms with E-state index in [0.29, 0.717) is 24.3 Å². The average molecular weight is 608 g/mol. The number of hydrogen-bond donors (Lipinski definition) is 2. The summed E-state index contributed by atoms with van der Waals surface area (Å²) in [5, 5.41) is 0. The molecule has 0 amide bonds. The highest BCUT2D eigenvalue weighted by Gasteiger charge is 2.26. The zero-order valence-electron chi connectivity index (χ0n) is 25.3. The van der Waals surface area contributed by atoms with Crippen molar-refractivity contribution in [3.05, 3.63) is 59.7 Å². The van der Waals surface area contributed by atoms with Crippen LogP contribution in [0.3, 0.4) is 0 Å². The van der Waals surface area contributed by atoms with Crippen molar-refractivity contribution in [3.63, 3.8) is 0 Å². The Bertz CT molecular complexity index is 1050. The third-order valence-electron chi connectivity index (χ3n) is 5.63. The summed E-state index contributed by atoms with van der Waals surface area (Å²) in [6.07, 6.45) is 0.871. The van der Waals surface area contributed by atoms with Crippen LogP contribution < -0.4 is 20.9 Å². The zero-order chi connectivity index (χ0) is 31.3. The predicted molar refractivity (Wildman–Crippen MR) is 158 cm³/mol. The first-order valence-electron chi connectivity index (χ1n) is 13.7. The number of ether oxygens (including phenoxy) is 4. The van der Waals surface area contributed by atoms with Gasteiger partial charge in [-0.15, -0.1) is 0 Å². The van der Waals surface area contributed by atoms with Crippen LogP contribution in [0.1, 0.15) is 52.7 Å². The number of carbonyl (C=O) groups is 2. The fraction of sp³-hybridized carbons (Fsp3) is 0.533. The second-order valence-corrected chi connectivity index (χ2v) is 12.6. The van der Waals surface area contributed by atoms with E-state index in [1.165, 1.54) is 0 Å². The molecule has 0 radical (unpaired) electrons. The second-order valence-electron chi connectivity index (χ2n) is 11.6. The van der Waals surface area contributed by atoms with Gasteiger partial charge in [0.15, 0.2) is 0 Å². The molecule has 0 bridgehead atoms. The van der Waals surface area contributed by atoms with E-state index in [4.69, 9.17) is 39.5 Å². The number of nitrogens with two attached hydrogens (primary N) is 2. The van der Waals surface area contributed by atoms with Gasteiger partial charge >= 0.3 is 20.2 Å². The molecule has 0 spiro atoms. The molecule has 0 fully saturated rings. The van der Waals surface area contributed by atoms with Gasteiger partial charge in [0, 0.05) is 17.7 Å². The first-order chi connectivity index (χ1) is 19.7. The predicted octanol–water partition coefficient (Wildman–Crippen LogP) is 4.67. The SMILES string of the molecule is CC(C)(C)OC(=O)C(CN)Cc1ccc(OCO[P+](=O)OCOc2ccc(CC(CN)C(=O)OC(C)(C)C)cc2)cc1. The van der Waals surface area contributed by atoms with Crippen LogP contribution in [0, 0.1) is 11.8 Å². The smallest absolute Gasteiger partial charge is 0.463 e. The van der Waals surface area contributed by atoms with Gasteiger partial charge in [-0.05, 0) is 89.8 Å². The van der Waals surface area contributed by atoms with Gasteiger partial charge in [-0.2, -0.15) is 0 Å². The maximum Gasteiger partial charge on any atom is 0.704 e. The van der Waals surface area contributed by atoms with Gasteiger partial charge in [0.1, 0.15) is 22.7 Å². The van der Waals surface area contributed by atoms with Crippen molar-refractivity contribution in [1.82, 2.24) is 0 Å². The zero-order valence-corrected chi connectivity index (χ0v) is 26.2. The number of rotatable bonds is 16. The third-order valence-corrected chi connectivity index (χ3v) is 6.26. The molecule has 2 rings (SSSR count). The van der Waals surface area contributed by atoms with Crippen molar-refractivity contribution in [3.8, 4) is 11.5 Å². The van der Waals surface area contributed by atoms with E-state index in [0.717, 1.165) is 11.1 Å². The first kappa shape index (κ1) is 35.1. The van der Waals surface area contributed by atoms with Crippen LogP contribution in [0.2, 0.25) is 0 Å². The van der Waals surface area contributed by atoms with Crippen LogP contribution in [0.5, 0.6) is 11.5 Å². The molecule has 2 aromatic carbocycles. The van der Waals surface area contributed by atoms with Crippen molar-refractivity contribution < 1.29 is 42.1 Å². The van der Waals surface area contributed by atoms with Crippen LogP contribution in [0.15, 0.2) is 48.5 Å². The molecule has 0 aliphatic carbocycles. The molecular formula is C30H44N2O9P+. The van der Waals surface area contributed by atoms with Gasteiger partial charge in [-0.3, -0.25) is 9.59 Å². The van der Waals surface area contributed by atoms with E-state index in [2.05, 4.69) is 0 Å². The van der Waals surface area contributed by atoms with E-state index >= 15 is 0 Å². The highest BCUT2D eigenvalue weighted by Crippen LogP contribution is 2.25. The van der Waals surface area contributed by atoms with Gasteiger partial charge in [0.2, 0.25) is 13.6 Å². The minimum atomic E-state index is -2.48. The first-order valence-corrected chi connectivity index (χ1v) is 14.8. The molecule has 2 unspecified atom stereocenters. The molecule has 0 heterocycles. The molecule has 12 heteroatoms. The summed E-state index contributed by atoms with van der Waals surface area (Å²) < 4.78 is 43.9. The molecule has 0 saturated carbocycles. The van der Waals surface area contributed by atoms with Crippen molar-refractivity contribution in [1.29, 1.82) is 0 Å². The molecule has 11 nitrogen and oxygen atoms in total. The Morgan fingerprint density at radius 3 is 1.29 bits per heavy atom. The third kappa shape index (κ3) is 13.7. The highest BCUT2D eigenvalue weighted by molar-refractivity contribution is 7.33. The fourth-order valence-electron chi connectivity index (χ4n) is 3.62. The van der Waals surface area contributed by atoms with Crippen LogP contribution in [-0.4, -0.2) is 49.8 Å². The van der Waals surface area contributed by atoms with Crippen molar-refractivity contribution in [2.75, 3.05) is 26.7 Å². The lowest BCUT2D eigenvalue weighted by molar-refractivity contribution is -0.160. The summed E-state index contributed by atoms with van der Waals surface area (Å²) in [5.41, 5.74) is 12.2. The maximum absolute atomic E-state index is 12.3. The van der Waals surface area contributed by atoms with Crippen molar-refractivity contribution in [2.24, 2.45) is 23.3 Å². The Kier molecular flexibility index (Phi) is 13.8. The minimum absolute atomic E-state index is 0.175. The molecule has 0 saturated heterocycles. The number of benzene rings is 2. The Balaban J connectivity index is 1.70. The minimum Gasteiger partial charge on any atom is -0.463 e. The molecule has 2 aromatic rings. The van der Waals surface area contributed by atoms with Crippen molar-refractivity contribution in [2.45, 2.75) is 65.6 Å². The summed E-state index contributed by atoms with van der Waals surface area (Å²) in [6, 6.07) is 14.1. The molecule has 0 aliphatic heterocycles. The summed E-state index contributed by atoms with van der Waals surface area (Å²) in [5.74, 6) is -0.590. The van der Waals surface area contributed by atoms with Gasteiger partial charge in [0.05, 0.1) is 11.8 Å². The second kappa shape index (κ2) is 16.5. The molecule has 232 valence electrons. The summed E-state index contributed by atoms with van der Waals surface area (Å²) in [7, 11) is -2.48. The lowest BCUT2D eigenvalue weighted by Crippen LogP contribution is -2.33. The number of esters is 2. The monoisotopic (exact) mass is 607 g/mol. The summed E-state index contributed by atoms with van der Waals surface area (Å²) in [6.45, 7) is 10.6. The Hall–Kier alpha value is -3.08. The lowest BCUT2D eigenvalue weighted by atomic mass is 9.99. The maximum atomic E-state index is 12.3. The van der Waals surface area contributed by atoms with Crippen LogP contribution in [-0.2, 0) is 45.5 Å². The summed E-state index contributed by atoms with van der Waals surface area (Å²) in [4.78, 5) is 24.7. The normalized spacial score (nSPS) is 13.6. The van der Waals surface area contributed by atoms with E-state index in [9.17, 15) is 14.2 Å². The summed E-state index contributed by atoms with van der Waals surface area (Å²) >= 11 is 0. The highest BCUT2D eigenvalue weighted by atomic mass is 31.1. The van der Waals surface area contributed by atoms with Crippen molar-refractivity contribution >= 4 is 20.2 Å². The fourth-order valence-corrected chi connectivity index (χ4v) is 3.97. The Morgan fingerprint density at radius 2 is 1.00 bits per heavy atom. The number of hydrogen-bond acceptors (Lipinski definition) is 11. The molecule has 2 atom stereocenters. The Labute approximate surface area is 249 Å². The largest absolute Gasteiger partial charge is 0.704 e. The molecule has 0 aromatic heterocycles. The van der Waals surface area contributed by atoms with E-state index < -0.39 is 31.3 Å². The molecule has 42 heavy (non-hydrogen) atoms. The molecule has 4 N–H and O–H groups in total. The van der Waals surface area contributed by atoms with Crippen LogP contribution in [0.25, 0.3) is 0 Å². The molecule has 0 aliphatic rings. The van der Waals surface area contributed by atoms with Gasteiger partial charge in [-0.25, -0.2) is 0 Å². The van der Waals surface area contributed by atoms with E-state index in [-0.39, 0.29) is 38.6 Å². The van der Waals surface area contributed by atoms with E-state index in [1.54, 1.807) is 24.3 Å². The topological polar surface area (TPSA) is 159 Å².